The number of nitrogens with zero attached hydrogens (tertiary/aromatic N) is 2. The van der Waals surface area contributed by atoms with Crippen molar-refractivity contribution in [3.8, 4) is 33.5 Å². The van der Waals surface area contributed by atoms with Crippen molar-refractivity contribution >= 4 is 27.9 Å². The first-order valence-electron chi connectivity index (χ1n) is 14.5. The van der Waals surface area contributed by atoms with Gasteiger partial charge >= 0.3 is 0 Å². The second-order valence-electron chi connectivity index (χ2n) is 11.8. The first-order valence-corrected chi connectivity index (χ1v) is 14.5. The number of benzene rings is 5. The van der Waals surface area contributed by atoms with Gasteiger partial charge in [0, 0.05) is 33.3 Å². The fraction of sp³-hybridized carbons (Fsp3) is 0.103. The molecule has 2 aromatic heterocycles. The summed E-state index contributed by atoms with van der Waals surface area (Å²) in [7, 11) is 0. The van der Waals surface area contributed by atoms with Crippen LogP contribution in [0.2, 0.25) is 0 Å². The van der Waals surface area contributed by atoms with Crippen LogP contribution in [0.5, 0.6) is 0 Å². The second-order valence-corrected chi connectivity index (χ2v) is 11.8. The summed E-state index contributed by atoms with van der Waals surface area (Å²) in [5.74, 6) is 0.842. The number of fused-ring (bicyclic) bond motifs is 3. The van der Waals surface area contributed by atoms with Crippen LogP contribution in [0.3, 0.4) is 0 Å². The molecular formula is C39H33N3. The summed E-state index contributed by atoms with van der Waals surface area (Å²) in [6.07, 6.45) is 0. The van der Waals surface area contributed by atoms with Gasteiger partial charge in [0.05, 0.1) is 5.69 Å². The third-order valence-electron chi connectivity index (χ3n) is 7.85. The van der Waals surface area contributed by atoms with E-state index in [-0.39, 0.29) is 5.41 Å². The first-order chi connectivity index (χ1) is 20.5. The van der Waals surface area contributed by atoms with Gasteiger partial charge in [0.2, 0.25) is 0 Å². The fourth-order valence-electron chi connectivity index (χ4n) is 6.02. The molecule has 0 radical (unpaired) electrons. The lowest BCUT2D eigenvalue weighted by molar-refractivity contribution is 0.565. The van der Waals surface area contributed by atoms with Crippen LogP contribution in [0, 0.1) is 0 Å². The molecule has 0 spiro atoms. The maximum absolute atomic E-state index is 5.35. The normalized spacial score (nSPS) is 11.7. The highest BCUT2D eigenvalue weighted by Crippen LogP contribution is 2.44. The molecule has 0 amide bonds. The van der Waals surface area contributed by atoms with Crippen LogP contribution in [0.15, 0.2) is 140 Å². The monoisotopic (exact) mass is 543 g/mol. The summed E-state index contributed by atoms with van der Waals surface area (Å²) >= 11 is 0. The lowest BCUT2D eigenvalue weighted by atomic mass is 9.83. The van der Waals surface area contributed by atoms with Crippen molar-refractivity contribution in [2.45, 2.75) is 26.2 Å². The van der Waals surface area contributed by atoms with Crippen LogP contribution in [-0.2, 0) is 5.41 Å². The summed E-state index contributed by atoms with van der Waals surface area (Å²) in [5, 5.41) is 6.06. The highest BCUT2D eigenvalue weighted by Gasteiger charge is 2.29. The number of nitrogens with one attached hydrogen (secondary N) is 1. The van der Waals surface area contributed by atoms with E-state index in [2.05, 4.69) is 164 Å². The van der Waals surface area contributed by atoms with E-state index in [4.69, 9.17) is 4.98 Å². The van der Waals surface area contributed by atoms with Gasteiger partial charge in [-0.15, -0.1) is 0 Å². The van der Waals surface area contributed by atoms with E-state index in [0.29, 0.717) is 0 Å². The standard InChI is InChI=1S/C39H33N3/c1-39(2,3)36-34(29-17-9-5-10-18-29)32-21-13-14-22-33(32)38-41-37(35(42(36)38)30-19-11-6-12-20-30)40-31-25-23-28(24-26-31)27-15-7-4-8-16-27/h4-26,40H,1-3H3. The number of rotatable bonds is 5. The van der Waals surface area contributed by atoms with Crippen LogP contribution in [0.1, 0.15) is 26.5 Å². The Bertz CT molecular complexity index is 2000. The summed E-state index contributed by atoms with van der Waals surface area (Å²) < 4.78 is 2.40. The molecule has 0 aliphatic rings. The molecule has 0 saturated heterocycles. The molecule has 2 heterocycles. The van der Waals surface area contributed by atoms with Crippen molar-refractivity contribution in [3.63, 3.8) is 0 Å². The van der Waals surface area contributed by atoms with E-state index in [9.17, 15) is 0 Å². The lowest BCUT2D eigenvalue weighted by Gasteiger charge is -2.27. The van der Waals surface area contributed by atoms with E-state index in [1.807, 2.05) is 6.07 Å². The lowest BCUT2D eigenvalue weighted by Crippen LogP contribution is -2.19. The Morgan fingerprint density at radius 2 is 1.02 bits per heavy atom. The van der Waals surface area contributed by atoms with Gasteiger partial charge in [0.15, 0.2) is 5.82 Å². The molecule has 7 rings (SSSR count). The van der Waals surface area contributed by atoms with Crippen LogP contribution in [-0.4, -0.2) is 9.38 Å². The van der Waals surface area contributed by atoms with Crippen LogP contribution in [0.25, 0.3) is 49.9 Å². The smallest absolute Gasteiger partial charge is 0.157 e. The number of anilines is 2. The quantitative estimate of drug-likeness (QED) is 0.234. The van der Waals surface area contributed by atoms with Crippen molar-refractivity contribution in [3.05, 3.63) is 145 Å². The van der Waals surface area contributed by atoms with E-state index in [1.165, 1.54) is 33.3 Å². The molecule has 1 N–H and O–H groups in total. The number of imidazole rings is 1. The zero-order valence-corrected chi connectivity index (χ0v) is 24.2. The van der Waals surface area contributed by atoms with Crippen LogP contribution < -0.4 is 5.32 Å². The molecular weight excluding hydrogens is 510 g/mol. The number of hydrogen-bond donors (Lipinski definition) is 1. The Labute approximate surface area is 247 Å². The molecule has 0 atom stereocenters. The summed E-state index contributed by atoms with van der Waals surface area (Å²) in [5.41, 5.74) is 10.0. The zero-order chi connectivity index (χ0) is 28.7. The number of aromatic nitrogens is 2. The van der Waals surface area contributed by atoms with E-state index in [1.54, 1.807) is 0 Å². The summed E-state index contributed by atoms with van der Waals surface area (Å²) in [6, 6.07) is 49.1. The van der Waals surface area contributed by atoms with Gasteiger partial charge in [0.25, 0.3) is 0 Å². The molecule has 42 heavy (non-hydrogen) atoms. The summed E-state index contributed by atoms with van der Waals surface area (Å²) in [4.78, 5) is 5.35. The van der Waals surface area contributed by atoms with Crippen molar-refractivity contribution < 1.29 is 0 Å². The highest BCUT2D eigenvalue weighted by atomic mass is 15.1. The molecule has 0 unspecified atom stereocenters. The van der Waals surface area contributed by atoms with Crippen LogP contribution >= 0.6 is 0 Å². The Morgan fingerprint density at radius 1 is 0.524 bits per heavy atom. The average molecular weight is 544 g/mol. The van der Waals surface area contributed by atoms with Gasteiger partial charge in [-0.2, -0.15) is 0 Å². The predicted molar refractivity (Wildman–Crippen MR) is 177 cm³/mol. The van der Waals surface area contributed by atoms with Gasteiger partial charge in [-0.25, -0.2) is 4.98 Å². The molecule has 0 fully saturated rings. The Balaban J connectivity index is 1.52. The van der Waals surface area contributed by atoms with Crippen molar-refractivity contribution in [2.24, 2.45) is 0 Å². The molecule has 0 aliphatic heterocycles. The molecule has 3 heteroatoms. The minimum absolute atomic E-state index is 0.174. The van der Waals surface area contributed by atoms with Gasteiger partial charge < -0.3 is 5.32 Å². The predicted octanol–water partition coefficient (Wildman–Crippen LogP) is 10.5. The topological polar surface area (TPSA) is 29.3 Å². The van der Waals surface area contributed by atoms with Crippen molar-refractivity contribution in [1.29, 1.82) is 0 Å². The van der Waals surface area contributed by atoms with Crippen molar-refractivity contribution in [1.82, 2.24) is 9.38 Å². The molecule has 0 saturated carbocycles. The fourth-order valence-corrected chi connectivity index (χ4v) is 6.02. The SMILES string of the molecule is CC(C)(C)c1c(-c2ccccc2)c2ccccc2c2nc(Nc3ccc(-c4ccccc4)cc3)c(-c3ccccc3)n12. The number of pyridine rings is 1. The van der Waals surface area contributed by atoms with Gasteiger partial charge in [-0.1, -0.05) is 148 Å². The average Bonchev–Trinajstić information content (AvgIpc) is 3.40. The third-order valence-corrected chi connectivity index (χ3v) is 7.85. The minimum Gasteiger partial charge on any atom is -0.338 e. The second kappa shape index (κ2) is 10.4. The maximum atomic E-state index is 5.35. The van der Waals surface area contributed by atoms with Crippen LogP contribution in [0.4, 0.5) is 11.5 Å². The van der Waals surface area contributed by atoms with Gasteiger partial charge in [0.1, 0.15) is 5.65 Å². The Morgan fingerprint density at radius 3 is 1.62 bits per heavy atom. The molecule has 3 nitrogen and oxygen atoms in total. The summed E-state index contributed by atoms with van der Waals surface area (Å²) in [6.45, 7) is 6.90. The molecule has 204 valence electrons. The van der Waals surface area contributed by atoms with E-state index >= 15 is 0 Å². The van der Waals surface area contributed by atoms with Gasteiger partial charge in [-0.3, -0.25) is 4.40 Å². The number of hydrogen-bond acceptors (Lipinski definition) is 2. The molecule has 7 aromatic rings. The van der Waals surface area contributed by atoms with Gasteiger partial charge in [-0.05, 0) is 34.2 Å². The Hall–Kier alpha value is -5.15. The third kappa shape index (κ3) is 4.53. The molecule has 0 aliphatic carbocycles. The zero-order valence-electron chi connectivity index (χ0n) is 24.2. The Kier molecular flexibility index (Phi) is 6.36. The maximum Gasteiger partial charge on any atom is 0.157 e. The van der Waals surface area contributed by atoms with E-state index in [0.717, 1.165) is 33.8 Å². The minimum atomic E-state index is -0.174. The van der Waals surface area contributed by atoms with Crippen molar-refractivity contribution in [2.75, 3.05) is 5.32 Å². The first kappa shape index (κ1) is 25.8. The highest BCUT2D eigenvalue weighted by molar-refractivity contribution is 6.06. The largest absolute Gasteiger partial charge is 0.338 e. The molecule has 0 bridgehead atoms. The van der Waals surface area contributed by atoms with E-state index < -0.39 is 0 Å². The molecule has 5 aromatic carbocycles.